The summed E-state index contributed by atoms with van der Waals surface area (Å²) in [5.74, 6) is 1.62. The van der Waals surface area contributed by atoms with Crippen molar-refractivity contribution in [3.8, 4) is 17.2 Å². The number of amides is 1. The molecule has 1 aromatic heterocycles. The maximum atomic E-state index is 13.3. The summed E-state index contributed by atoms with van der Waals surface area (Å²) in [7, 11) is 0. The number of rotatable bonds is 5. The Bertz CT molecular complexity index is 1040. The molecule has 0 spiro atoms. The van der Waals surface area contributed by atoms with Crippen LogP contribution in [0.2, 0.25) is 0 Å². The van der Waals surface area contributed by atoms with Crippen LogP contribution in [0.5, 0.6) is 17.2 Å². The van der Waals surface area contributed by atoms with E-state index in [1.165, 1.54) is 12.1 Å². The summed E-state index contributed by atoms with van der Waals surface area (Å²) in [6.07, 6.45) is 7.22. The molecule has 5 rings (SSSR count). The first-order valence-corrected chi connectivity index (χ1v) is 10.6. The van der Waals surface area contributed by atoms with Crippen LogP contribution < -0.4 is 9.47 Å². The SMILES string of the molecule is O=C(c1cccc(Oc2ccc(F)cc2)c1)N1C2CCC1CC(Oc1ccncc1)C2. The average Bonchev–Trinajstić information content (AvgIpc) is 3.06. The number of carbonyl (C=O) groups is 1. The van der Waals surface area contributed by atoms with Crippen molar-refractivity contribution in [1.82, 2.24) is 9.88 Å². The van der Waals surface area contributed by atoms with Gasteiger partial charge >= 0.3 is 0 Å². The third kappa shape index (κ3) is 4.24. The number of piperidine rings is 1. The van der Waals surface area contributed by atoms with Crippen molar-refractivity contribution in [2.45, 2.75) is 43.9 Å². The quantitative estimate of drug-likeness (QED) is 0.570. The predicted molar refractivity (Wildman–Crippen MR) is 114 cm³/mol. The van der Waals surface area contributed by atoms with Crippen molar-refractivity contribution < 1.29 is 18.7 Å². The van der Waals surface area contributed by atoms with Gasteiger partial charge in [-0.05, 0) is 67.4 Å². The number of ether oxygens (including phenoxy) is 2. The topological polar surface area (TPSA) is 51.7 Å². The van der Waals surface area contributed by atoms with Crippen molar-refractivity contribution in [1.29, 1.82) is 0 Å². The van der Waals surface area contributed by atoms with Crippen LogP contribution in [0.4, 0.5) is 4.39 Å². The van der Waals surface area contributed by atoms with E-state index in [1.54, 1.807) is 36.7 Å². The molecule has 0 N–H and O–H groups in total. The number of carbonyl (C=O) groups excluding carboxylic acids is 1. The van der Waals surface area contributed by atoms with E-state index in [9.17, 15) is 9.18 Å². The second kappa shape index (κ2) is 8.38. The van der Waals surface area contributed by atoms with Gasteiger partial charge in [0.15, 0.2) is 0 Å². The van der Waals surface area contributed by atoms with Gasteiger partial charge in [-0.25, -0.2) is 4.39 Å². The van der Waals surface area contributed by atoms with Crippen LogP contribution in [0, 0.1) is 5.82 Å². The average molecular weight is 418 g/mol. The minimum atomic E-state index is -0.317. The van der Waals surface area contributed by atoms with Gasteiger partial charge in [-0.3, -0.25) is 9.78 Å². The molecule has 31 heavy (non-hydrogen) atoms. The number of benzene rings is 2. The van der Waals surface area contributed by atoms with E-state index < -0.39 is 0 Å². The Morgan fingerprint density at radius 2 is 1.61 bits per heavy atom. The van der Waals surface area contributed by atoms with Crippen LogP contribution in [0.1, 0.15) is 36.0 Å². The maximum absolute atomic E-state index is 13.3. The normalized spacial score (nSPS) is 22.2. The summed E-state index contributed by atoms with van der Waals surface area (Å²) in [4.78, 5) is 19.4. The fourth-order valence-electron chi connectivity index (χ4n) is 4.64. The maximum Gasteiger partial charge on any atom is 0.254 e. The lowest BCUT2D eigenvalue weighted by molar-refractivity contribution is 0.0358. The summed E-state index contributed by atoms with van der Waals surface area (Å²) < 4.78 is 25.1. The molecule has 1 amide bonds. The lowest BCUT2D eigenvalue weighted by atomic mass is 9.98. The van der Waals surface area contributed by atoms with E-state index >= 15 is 0 Å². The highest BCUT2D eigenvalue weighted by atomic mass is 19.1. The van der Waals surface area contributed by atoms with Gasteiger partial charge in [-0.1, -0.05) is 6.07 Å². The molecule has 0 aliphatic carbocycles. The van der Waals surface area contributed by atoms with Crippen molar-refractivity contribution >= 4 is 5.91 Å². The number of halogens is 1. The second-order valence-electron chi connectivity index (χ2n) is 8.08. The first kappa shape index (κ1) is 19.5. The molecule has 2 atom stereocenters. The minimum Gasteiger partial charge on any atom is -0.490 e. The zero-order chi connectivity index (χ0) is 21.2. The van der Waals surface area contributed by atoms with Crippen LogP contribution >= 0.6 is 0 Å². The van der Waals surface area contributed by atoms with Gasteiger partial charge in [0.25, 0.3) is 5.91 Å². The Morgan fingerprint density at radius 1 is 0.903 bits per heavy atom. The van der Waals surface area contributed by atoms with Gasteiger partial charge in [0, 0.05) is 42.9 Å². The molecule has 2 aliphatic rings. The smallest absolute Gasteiger partial charge is 0.254 e. The van der Waals surface area contributed by atoms with Gasteiger partial charge < -0.3 is 14.4 Å². The van der Waals surface area contributed by atoms with Crippen LogP contribution in [0.25, 0.3) is 0 Å². The summed E-state index contributed by atoms with van der Waals surface area (Å²) in [6.45, 7) is 0. The summed E-state index contributed by atoms with van der Waals surface area (Å²) in [6, 6.07) is 17.1. The summed E-state index contributed by atoms with van der Waals surface area (Å²) >= 11 is 0. The number of aromatic nitrogens is 1. The third-order valence-electron chi connectivity index (χ3n) is 6.01. The Balaban J connectivity index is 1.28. The van der Waals surface area contributed by atoms with Crippen molar-refractivity contribution in [2.24, 2.45) is 0 Å². The molecular weight excluding hydrogens is 395 g/mol. The summed E-state index contributed by atoms with van der Waals surface area (Å²) in [5.41, 5.74) is 0.602. The van der Waals surface area contributed by atoms with Crippen LogP contribution in [0.3, 0.4) is 0 Å². The number of hydrogen-bond donors (Lipinski definition) is 0. The largest absolute Gasteiger partial charge is 0.490 e. The Hall–Kier alpha value is -3.41. The number of nitrogens with zero attached hydrogens (tertiary/aromatic N) is 2. The highest BCUT2D eigenvalue weighted by molar-refractivity contribution is 5.95. The third-order valence-corrected chi connectivity index (χ3v) is 6.01. The van der Waals surface area contributed by atoms with Gasteiger partial charge in [0.05, 0.1) is 0 Å². The predicted octanol–water partition coefficient (Wildman–Crippen LogP) is 5.23. The molecule has 3 heterocycles. The lowest BCUT2D eigenvalue weighted by Crippen LogP contribution is -2.49. The fourth-order valence-corrected chi connectivity index (χ4v) is 4.64. The van der Waals surface area contributed by atoms with Gasteiger partial charge in [0.1, 0.15) is 29.2 Å². The van der Waals surface area contributed by atoms with Gasteiger partial charge in [-0.2, -0.15) is 0 Å². The lowest BCUT2D eigenvalue weighted by Gasteiger charge is -2.39. The van der Waals surface area contributed by atoms with E-state index in [4.69, 9.17) is 9.47 Å². The first-order chi connectivity index (χ1) is 15.2. The van der Waals surface area contributed by atoms with E-state index in [-0.39, 0.29) is 29.9 Å². The Labute approximate surface area is 180 Å². The van der Waals surface area contributed by atoms with Gasteiger partial charge in [0.2, 0.25) is 0 Å². The van der Waals surface area contributed by atoms with Crippen LogP contribution in [-0.2, 0) is 0 Å². The molecular formula is C25H23FN2O3. The molecule has 158 valence electrons. The highest BCUT2D eigenvalue weighted by Gasteiger charge is 2.44. The highest BCUT2D eigenvalue weighted by Crippen LogP contribution is 2.38. The first-order valence-electron chi connectivity index (χ1n) is 10.6. The fraction of sp³-hybridized carbons (Fsp3) is 0.280. The van der Waals surface area contributed by atoms with Crippen molar-refractivity contribution in [2.75, 3.05) is 0 Å². The second-order valence-corrected chi connectivity index (χ2v) is 8.08. The van der Waals surface area contributed by atoms with Crippen molar-refractivity contribution in [3.63, 3.8) is 0 Å². The van der Waals surface area contributed by atoms with E-state index in [1.807, 2.05) is 29.2 Å². The molecule has 2 bridgehead atoms. The van der Waals surface area contributed by atoms with Crippen LogP contribution in [-0.4, -0.2) is 34.0 Å². The Kier molecular flexibility index (Phi) is 5.28. The zero-order valence-corrected chi connectivity index (χ0v) is 17.0. The molecule has 0 saturated carbocycles. The molecule has 5 nitrogen and oxygen atoms in total. The molecule has 0 radical (unpaired) electrons. The molecule has 2 aromatic carbocycles. The standard InChI is InChI=1S/C25H23FN2O3/c26-18-4-8-21(9-5-18)30-23-3-1-2-17(14-23)25(29)28-19-6-7-20(28)16-24(15-19)31-22-10-12-27-13-11-22/h1-5,8-14,19-20,24H,6-7,15-16H2. The molecule has 3 aromatic rings. The Morgan fingerprint density at radius 3 is 2.32 bits per heavy atom. The molecule has 2 unspecified atom stereocenters. The summed E-state index contributed by atoms with van der Waals surface area (Å²) in [5, 5.41) is 0. The molecule has 2 saturated heterocycles. The van der Waals surface area contributed by atoms with Crippen LogP contribution in [0.15, 0.2) is 73.1 Å². The molecule has 6 heteroatoms. The number of fused-ring (bicyclic) bond motifs is 2. The number of pyridine rings is 1. The molecule has 2 fully saturated rings. The van der Waals surface area contributed by atoms with E-state index in [2.05, 4.69) is 4.98 Å². The van der Waals surface area contributed by atoms with Gasteiger partial charge in [-0.15, -0.1) is 0 Å². The zero-order valence-electron chi connectivity index (χ0n) is 17.0. The monoisotopic (exact) mass is 418 g/mol. The number of hydrogen-bond acceptors (Lipinski definition) is 4. The minimum absolute atomic E-state index is 0.0272. The van der Waals surface area contributed by atoms with E-state index in [0.717, 1.165) is 31.4 Å². The van der Waals surface area contributed by atoms with E-state index in [0.29, 0.717) is 17.1 Å². The molecule has 2 aliphatic heterocycles. The van der Waals surface area contributed by atoms with Crippen molar-refractivity contribution in [3.05, 3.63) is 84.4 Å².